The van der Waals surface area contributed by atoms with Gasteiger partial charge in [0.1, 0.15) is 5.70 Å². The number of nitrogens with zero attached hydrogens (tertiary/aromatic N) is 2. The number of rotatable bonds is 6. The fraction of sp³-hybridized carbons (Fsp3) is 0.409. The van der Waals surface area contributed by atoms with Gasteiger partial charge in [-0.05, 0) is 43.9 Å². The van der Waals surface area contributed by atoms with Gasteiger partial charge in [0, 0.05) is 17.8 Å². The van der Waals surface area contributed by atoms with E-state index in [2.05, 4.69) is 0 Å². The Hall–Kier alpha value is -2.31. The minimum absolute atomic E-state index is 0.198. The number of likely N-dealkylation sites (tertiary alicyclic amines) is 1. The van der Waals surface area contributed by atoms with Crippen LogP contribution in [0.5, 0.6) is 0 Å². The largest absolute Gasteiger partial charge is 0.478 e. The zero-order valence-corrected chi connectivity index (χ0v) is 18.0. The van der Waals surface area contributed by atoms with E-state index < -0.39 is 11.9 Å². The van der Waals surface area contributed by atoms with Gasteiger partial charge in [0.25, 0.3) is 0 Å². The van der Waals surface area contributed by atoms with Crippen molar-refractivity contribution in [1.82, 2.24) is 4.90 Å². The van der Waals surface area contributed by atoms with E-state index in [9.17, 15) is 14.7 Å². The van der Waals surface area contributed by atoms with Crippen LogP contribution in [0.1, 0.15) is 50.5 Å². The highest BCUT2D eigenvalue weighted by molar-refractivity contribution is 6.42. The van der Waals surface area contributed by atoms with E-state index in [4.69, 9.17) is 33.3 Å². The lowest BCUT2D eigenvalue weighted by atomic mass is 9.95. The SMILES string of the molecule is O=C(O)/C=C(\C(=O)O)N1CCCC1=CC(=NC1CCCCC1)c1ccc(Cl)c(Cl)c1. The normalized spacial score (nSPS) is 20.1. The van der Waals surface area contributed by atoms with E-state index in [-0.39, 0.29) is 11.7 Å². The number of carboxylic acid groups (broad SMARTS) is 2. The number of allylic oxidation sites excluding steroid dienone is 2. The molecule has 30 heavy (non-hydrogen) atoms. The Labute approximate surface area is 185 Å². The second-order valence-corrected chi connectivity index (χ2v) is 8.31. The van der Waals surface area contributed by atoms with Crippen LogP contribution in [-0.2, 0) is 9.59 Å². The molecule has 0 atom stereocenters. The van der Waals surface area contributed by atoms with Crippen LogP contribution >= 0.6 is 23.2 Å². The molecule has 0 unspecified atom stereocenters. The Morgan fingerprint density at radius 3 is 2.43 bits per heavy atom. The molecule has 0 spiro atoms. The molecule has 1 saturated heterocycles. The van der Waals surface area contributed by atoms with Crippen molar-refractivity contribution in [3.63, 3.8) is 0 Å². The summed E-state index contributed by atoms with van der Waals surface area (Å²) in [6.45, 7) is 0.440. The number of hydrogen-bond donors (Lipinski definition) is 2. The quantitative estimate of drug-likeness (QED) is 0.461. The number of carboxylic acids is 2. The standard InChI is InChI=1S/C22H24Cl2N2O4/c23-17-9-8-14(11-18(17)24)19(25-15-5-2-1-3-6-15)12-16-7-4-10-26(16)20(22(29)30)13-21(27)28/h8-9,11-13,15H,1-7,10H2,(H,27,28)(H,29,30)/b16-12?,20-13+,25-19?. The number of halogens is 2. The zero-order valence-electron chi connectivity index (χ0n) is 16.5. The molecule has 2 aliphatic rings. The topological polar surface area (TPSA) is 90.2 Å². The Morgan fingerprint density at radius 2 is 1.80 bits per heavy atom. The summed E-state index contributed by atoms with van der Waals surface area (Å²) in [4.78, 5) is 29.3. The molecule has 6 nitrogen and oxygen atoms in total. The first-order chi connectivity index (χ1) is 14.3. The smallest absolute Gasteiger partial charge is 0.352 e. The van der Waals surface area contributed by atoms with Crippen molar-refractivity contribution in [2.75, 3.05) is 6.54 Å². The van der Waals surface area contributed by atoms with Gasteiger partial charge >= 0.3 is 11.9 Å². The average Bonchev–Trinajstić information content (AvgIpc) is 3.16. The van der Waals surface area contributed by atoms with Gasteiger partial charge in [-0.1, -0.05) is 48.5 Å². The number of carbonyl (C=O) groups is 2. The summed E-state index contributed by atoms with van der Waals surface area (Å²) in [5, 5.41) is 19.5. The molecule has 1 aliphatic heterocycles. The molecule has 1 aromatic rings. The van der Waals surface area contributed by atoms with Gasteiger partial charge in [-0.3, -0.25) is 4.99 Å². The lowest BCUT2D eigenvalue weighted by Crippen LogP contribution is -2.25. The third-order valence-corrected chi connectivity index (χ3v) is 6.09. The highest BCUT2D eigenvalue weighted by atomic mass is 35.5. The van der Waals surface area contributed by atoms with Crippen LogP contribution in [0.2, 0.25) is 10.0 Å². The molecule has 160 valence electrons. The maximum Gasteiger partial charge on any atom is 0.352 e. The van der Waals surface area contributed by atoms with Crippen molar-refractivity contribution >= 4 is 40.9 Å². The third-order valence-electron chi connectivity index (χ3n) is 5.35. The fourth-order valence-corrected chi connectivity index (χ4v) is 4.21. The Balaban J connectivity index is 2.02. The zero-order chi connectivity index (χ0) is 21.7. The van der Waals surface area contributed by atoms with Gasteiger partial charge in [0.05, 0.1) is 27.9 Å². The van der Waals surface area contributed by atoms with Crippen LogP contribution in [0.3, 0.4) is 0 Å². The molecule has 1 aliphatic carbocycles. The summed E-state index contributed by atoms with van der Waals surface area (Å²) < 4.78 is 0. The van der Waals surface area contributed by atoms with E-state index in [1.165, 1.54) is 6.42 Å². The Kier molecular flexibility index (Phi) is 7.56. The summed E-state index contributed by atoms with van der Waals surface area (Å²) in [6, 6.07) is 5.52. The van der Waals surface area contributed by atoms with Crippen molar-refractivity contribution < 1.29 is 19.8 Å². The molecule has 0 radical (unpaired) electrons. The van der Waals surface area contributed by atoms with Gasteiger partial charge in [0.15, 0.2) is 0 Å². The summed E-state index contributed by atoms with van der Waals surface area (Å²) >= 11 is 12.3. The van der Waals surface area contributed by atoms with Gasteiger partial charge in [0.2, 0.25) is 0 Å². The van der Waals surface area contributed by atoms with E-state index in [1.807, 2.05) is 12.1 Å². The second-order valence-electron chi connectivity index (χ2n) is 7.50. The van der Waals surface area contributed by atoms with Crippen molar-refractivity contribution in [2.45, 2.75) is 51.0 Å². The van der Waals surface area contributed by atoms with E-state index in [0.717, 1.165) is 49.4 Å². The fourth-order valence-electron chi connectivity index (χ4n) is 3.91. The van der Waals surface area contributed by atoms with E-state index in [1.54, 1.807) is 17.0 Å². The monoisotopic (exact) mass is 450 g/mol. The van der Waals surface area contributed by atoms with Gasteiger partial charge in [-0.25, -0.2) is 9.59 Å². The molecule has 0 amide bonds. The summed E-state index contributed by atoms with van der Waals surface area (Å²) in [5.74, 6) is -2.57. The van der Waals surface area contributed by atoms with Crippen LogP contribution in [0.15, 0.2) is 46.7 Å². The Morgan fingerprint density at radius 1 is 1.07 bits per heavy atom. The van der Waals surface area contributed by atoms with E-state index >= 15 is 0 Å². The maximum absolute atomic E-state index is 11.7. The maximum atomic E-state index is 11.7. The molecule has 1 heterocycles. The summed E-state index contributed by atoms with van der Waals surface area (Å²) in [5.41, 5.74) is 1.98. The molecule has 0 bridgehead atoms. The molecule has 3 rings (SSSR count). The lowest BCUT2D eigenvalue weighted by Gasteiger charge is -2.22. The van der Waals surface area contributed by atoms with Crippen LogP contribution < -0.4 is 0 Å². The minimum atomic E-state index is -1.29. The molecule has 2 N–H and O–H groups in total. The molecule has 0 aromatic heterocycles. The lowest BCUT2D eigenvalue weighted by molar-refractivity contribution is -0.136. The van der Waals surface area contributed by atoms with Gasteiger partial charge in [-0.2, -0.15) is 0 Å². The molecule has 2 fully saturated rings. The first-order valence-electron chi connectivity index (χ1n) is 10.0. The van der Waals surface area contributed by atoms with Crippen molar-refractivity contribution in [2.24, 2.45) is 4.99 Å². The van der Waals surface area contributed by atoms with Crippen molar-refractivity contribution in [1.29, 1.82) is 0 Å². The van der Waals surface area contributed by atoms with Crippen LogP contribution in [-0.4, -0.2) is 45.3 Å². The number of aliphatic carboxylic acids is 2. The van der Waals surface area contributed by atoms with Gasteiger partial charge in [-0.15, -0.1) is 0 Å². The molecule has 1 aromatic carbocycles. The van der Waals surface area contributed by atoms with Crippen LogP contribution in [0, 0.1) is 0 Å². The number of benzene rings is 1. The number of aliphatic imine (C=N–C) groups is 1. The summed E-state index contributed by atoms with van der Waals surface area (Å²) in [7, 11) is 0. The molecular formula is C22H24Cl2N2O4. The minimum Gasteiger partial charge on any atom is -0.478 e. The first kappa shape index (κ1) is 22.4. The highest BCUT2D eigenvalue weighted by Gasteiger charge is 2.26. The molecular weight excluding hydrogens is 427 g/mol. The highest BCUT2D eigenvalue weighted by Crippen LogP contribution is 2.29. The van der Waals surface area contributed by atoms with Crippen molar-refractivity contribution in [3.8, 4) is 0 Å². The first-order valence-corrected chi connectivity index (χ1v) is 10.8. The summed E-state index contributed by atoms with van der Waals surface area (Å²) in [6.07, 6.45) is 9.47. The molecule has 1 saturated carbocycles. The predicted molar refractivity (Wildman–Crippen MR) is 117 cm³/mol. The average molecular weight is 451 g/mol. The van der Waals surface area contributed by atoms with Crippen molar-refractivity contribution in [3.05, 3.63) is 57.4 Å². The molecule has 8 heteroatoms. The second kappa shape index (κ2) is 10.1. The van der Waals surface area contributed by atoms with Gasteiger partial charge < -0.3 is 15.1 Å². The van der Waals surface area contributed by atoms with Crippen LogP contribution in [0.4, 0.5) is 0 Å². The Bertz CT molecular complexity index is 918. The third kappa shape index (κ3) is 5.64. The number of hydrogen-bond acceptors (Lipinski definition) is 4. The predicted octanol–water partition coefficient (Wildman–Crippen LogP) is 5.15. The van der Waals surface area contributed by atoms with E-state index in [0.29, 0.717) is 28.7 Å². The van der Waals surface area contributed by atoms with Crippen LogP contribution in [0.25, 0.3) is 0 Å².